The first-order chi connectivity index (χ1) is 7.40. The summed E-state index contributed by atoms with van der Waals surface area (Å²) in [6.07, 6.45) is 1.44. The molecule has 88 valence electrons. The second-order valence-corrected chi connectivity index (χ2v) is 5.37. The largest absolute Gasteiger partial charge is 0.399 e. The van der Waals surface area contributed by atoms with Gasteiger partial charge in [-0.15, -0.1) is 0 Å². The summed E-state index contributed by atoms with van der Waals surface area (Å²) >= 11 is 11.7. The van der Waals surface area contributed by atoms with Crippen LogP contribution in [0.4, 0.5) is 11.4 Å². The highest BCUT2D eigenvalue weighted by molar-refractivity contribution is 7.85. The van der Waals surface area contributed by atoms with Crippen molar-refractivity contribution in [3.05, 3.63) is 22.2 Å². The van der Waals surface area contributed by atoms with Gasteiger partial charge in [0, 0.05) is 22.7 Å². The molecule has 0 saturated heterocycles. The zero-order chi connectivity index (χ0) is 12.3. The quantitative estimate of drug-likeness (QED) is 0.831. The zero-order valence-electron chi connectivity index (χ0n) is 8.42. The highest BCUT2D eigenvalue weighted by Gasteiger charge is 2.11. The van der Waals surface area contributed by atoms with E-state index in [1.54, 1.807) is 0 Å². The van der Waals surface area contributed by atoms with Gasteiger partial charge in [-0.05, 0) is 12.1 Å². The fourth-order valence-corrected chi connectivity index (χ4v) is 2.11. The van der Waals surface area contributed by atoms with Crippen molar-refractivity contribution in [3.63, 3.8) is 0 Å². The van der Waals surface area contributed by atoms with Crippen LogP contribution >= 0.6 is 23.2 Å². The van der Waals surface area contributed by atoms with Gasteiger partial charge in [0.2, 0.25) is 5.91 Å². The smallest absolute Gasteiger partial charge is 0.237 e. The molecule has 1 amide bonds. The molecule has 0 aliphatic rings. The summed E-state index contributed by atoms with van der Waals surface area (Å²) in [5.74, 6) is -0.508. The topological polar surface area (TPSA) is 72.2 Å². The van der Waals surface area contributed by atoms with Crippen molar-refractivity contribution in [1.29, 1.82) is 0 Å². The number of halogens is 2. The molecule has 0 aromatic heterocycles. The lowest BCUT2D eigenvalue weighted by molar-refractivity contribution is -0.113. The van der Waals surface area contributed by atoms with Crippen LogP contribution in [-0.4, -0.2) is 22.1 Å². The normalized spacial score (nSPS) is 12.2. The summed E-state index contributed by atoms with van der Waals surface area (Å²) in [4.78, 5) is 11.4. The third-order valence-corrected chi connectivity index (χ3v) is 2.93. The average molecular weight is 281 g/mol. The van der Waals surface area contributed by atoms with Crippen LogP contribution < -0.4 is 11.1 Å². The van der Waals surface area contributed by atoms with Gasteiger partial charge in [-0.3, -0.25) is 9.00 Å². The van der Waals surface area contributed by atoms with Gasteiger partial charge in [0.15, 0.2) is 0 Å². The number of benzene rings is 1. The summed E-state index contributed by atoms with van der Waals surface area (Å²) in [6, 6.07) is 2.96. The minimum atomic E-state index is -1.21. The lowest BCUT2D eigenvalue weighted by Gasteiger charge is -2.09. The van der Waals surface area contributed by atoms with E-state index in [1.165, 1.54) is 18.4 Å². The minimum absolute atomic E-state index is 0.100. The molecule has 4 nitrogen and oxygen atoms in total. The molecule has 0 radical (unpaired) electrons. The number of nitrogens with two attached hydrogens (primary N) is 1. The maximum atomic E-state index is 11.4. The van der Waals surface area contributed by atoms with Crippen LogP contribution in [-0.2, 0) is 15.6 Å². The Balaban J connectivity index is 2.89. The van der Waals surface area contributed by atoms with Crippen LogP contribution in [0.3, 0.4) is 0 Å². The SMILES string of the molecule is CS(=O)CC(=O)Nc1c(Cl)cc(N)cc1Cl. The molecule has 1 unspecified atom stereocenters. The summed E-state index contributed by atoms with van der Waals surface area (Å²) in [6.45, 7) is 0. The van der Waals surface area contributed by atoms with E-state index in [4.69, 9.17) is 28.9 Å². The van der Waals surface area contributed by atoms with E-state index in [2.05, 4.69) is 5.32 Å². The molecule has 0 spiro atoms. The predicted molar refractivity (Wildman–Crippen MR) is 68.4 cm³/mol. The Morgan fingerprint density at radius 2 is 1.94 bits per heavy atom. The van der Waals surface area contributed by atoms with E-state index in [9.17, 15) is 9.00 Å². The van der Waals surface area contributed by atoms with Crippen LogP contribution in [0.5, 0.6) is 0 Å². The molecule has 0 saturated carbocycles. The summed E-state index contributed by atoms with van der Waals surface area (Å²) in [5, 5.41) is 2.99. The fourth-order valence-electron chi connectivity index (χ4n) is 1.07. The molecule has 0 bridgehead atoms. The molecule has 16 heavy (non-hydrogen) atoms. The first-order valence-electron chi connectivity index (χ1n) is 4.24. The van der Waals surface area contributed by atoms with E-state index >= 15 is 0 Å². The standard InChI is InChI=1S/C9H10Cl2N2O2S/c1-16(15)4-8(14)13-9-6(10)2-5(12)3-7(9)11/h2-3H,4,12H2,1H3,(H,13,14). The number of carbonyl (C=O) groups excluding carboxylic acids is 1. The molecular weight excluding hydrogens is 271 g/mol. The van der Waals surface area contributed by atoms with Gasteiger partial charge in [-0.25, -0.2) is 0 Å². The first-order valence-corrected chi connectivity index (χ1v) is 6.73. The van der Waals surface area contributed by atoms with Crippen molar-refractivity contribution in [1.82, 2.24) is 0 Å². The molecule has 0 aliphatic carbocycles. The van der Waals surface area contributed by atoms with Crippen molar-refractivity contribution in [3.8, 4) is 0 Å². The maximum Gasteiger partial charge on any atom is 0.237 e. The van der Waals surface area contributed by atoms with Crippen LogP contribution in [0.15, 0.2) is 12.1 Å². The Kier molecular flexibility index (Phi) is 4.58. The maximum absolute atomic E-state index is 11.4. The third-order valence-electron chi connectivity index (χ3n) is 1.66. The fraction of sp³-hybridized carbons (Fsp3) is 0.222. The van der Waals surface area contributed by atoms with Gasteiger partial charge in [-0.1, -0.05) is 23.2 Å². The monoisotopic (exact) mass is 280 g/mol. The molecule has 3 N–H and O–H groups in total. The lowest BCUT2D eigenvalue weighted by Crippen LogP contribution is -2.19. The molecule has 0 aliphatic heterocycles. The molecule has 0 heterocycles. The van der Waals surface area contributed by atoms with Gasteiger partial charge >= 0.3 is 0 Å². The van der Waals surface area contributed by atoms with Crippen molar-refractivity contribution in [2.75, 3.05) is 23.1 Å². The average Bonchev–Trinajstić information content (AvgIpc) is 2.09. The van der Waals surface area contributed by atoms with E-state index < -0.39 is 16.7 Å². The Bertz CT molecular complexity index is 428. The van der Waals surface area contributed by atoms with Gasteiger partial charge in [0.05, 0.1) is 15.7 Å². The van der Waals surface area contributed by atoms with Gasteiger partial charge in [0.1, 0.15) is 5.75 Å². The number of amides is 1. The molecule has 1 rings (SSSR count). The van der Waals surface area contributed by atoms with Crippen molar-refractivity contribution >= 4 is 51.3 Å². The second-order valence-electron chi connectivity index (χ2n) is 3.13. The van der Waals surface area contributed by atoms with E-state index in [0.29, 0.717) is 5.69 Å². The van der Waals surface area contributed by atoms with Crippen LogP contribution in [0.25, 0.3) is 0 Å². The highest BCUT2D eigenvalue weighted by atomic mass is 35.5. The highest BCUT2D eigenvalue weighted by Crippen LogP contribution is 2.32. The number of carbonyl (C=O) groups is 1. The van der Waals surface area contributed by atoms with Gasteiger partial charge in [-0.2, -0.15) is 0 Å². The van der Waals surface area contributed by atoms with Crippen molar-refractivity contribution in [2.24, 2.45) is 0 Å². The van der Waals surface area contributed by atoms with Gasteiger partial charge in [0.25, 0.3) is 0 Å². The van der Waals surface area contributed by atoms with Crippen LogP contribution in [0.1, 0.15) is 0 Å². The van der Waals surface area contributed by atoms with Crippen molar-refractivity contribution in [2.45, 2.75) is 0 Å². The Morgan fingerprint density at radius 1 is 1.44 bits per heavy atom. The number of nitrogen functional groups attached to an aromatic ring is 1. The third kappa shape index (κ3) is 3.66. The van der Waals surface area contributed by atoms with Crippen molar-refractivity contribution < 1.29 is 9.00 Å². The lowest BCUT2D eigenvalue weighted by atomic mass is 10.3. The Morgan fingerprint density at radius 3 is 2.38 bits per heavy atom. The minimum Gasteiger partial charge on any atom is -0.399 e. The number of hydrogen-bond acceptors (Lipinski definition) is 3. The second kappa shape index (κ2) is 5.52. The number of hydrogen-bond donors (Lipinski definition) is 2. The Labute approximate surface area is 106 Å². The first kappa shape index (κ1) is 13.3. The van der Waals surface area contributed by atoms with E-state index in [-0.39, 0.29) is 21.5 Å². The predicted octanol–water partition coefficient (Wildman–Crippen LogP) is 1.89. The number of rotatable bonds is 3. The van der Waals surface area contributed by atoms with E-state index in [0.717, 1.165) is 0 Å². The summed E-state index contributed by atoms with van der Waals surface area (Å²) in [5.41, 5.74) is 6.20. The molecule has 1 aromatic rings. The summed E-state index contributed by atoms with van der Waals surface area (Å²) in [7, 11) is -1.21. The molecule has 7 heteroatoms. The number of anilines is 2. The molecular formula is C9H10Cl2N2O2S. The van der Waals surface area contributed by atoms with E-state index in [1.807, 2.05) is 0 Å². The number of nitrogens with one attached hydrogen (secondary N) is 1. The molecule has 1 aromatic carbocycles. The van der Waals surface area contributed by atoms with Crippen LogP contribution in [0.2, 0.25) is 10.0 Å². The molecule has 1 atom stereocenters. The zero-order valence-corrected chi connectivity index (χ0v) is 10.7. The van der Waals surface area contributed by atoms with Crippen LogP contribution in [0, 0.1) is 0 Å². The summed E-state index contributed by atoms with van der Waals surface area (Å²) < 4.78 is 10.8. The van der Waals surface area contributed by atoms with Gasteiger partial charge < -0.3 is 11.1 Å². The Hall–Kier alpha value is -0.780. The molecule has 0 fully saturated rings.